The van der Waals surface area contributed by atoms with Gasteiger partial charge in [0, 0.05) is 11.9 Å². The number of thiophene rings is 2. The lowest BCUT2D eigenvalue weighted by Crippen LogP contribution is -2.24. The molecule has 106 valence electrons. The molecular formula is C13H12BrNO3S2. The smallest absolute Gasteiger partial charge is 0.348 e. The normalized spacial score (nSPS) is 10.3. The summed E-state index contributed by atoms with van der Waals surface area (Å²) in [7, 11) is 3.07. The van der Waals surface area contributed by atoms with E-state index >= 15 is 0 Å². The number of hydrogen-bond donors (Lipinski definition) is 0. The zero-order chi connectivity index (χ0) is 14.7. The summed E-state index contributed by atoms with van der Waals surface area (Å²) >= 11 is 6.14. The number of amides is 1. The summed E-state index contributed by atoms with van der Waals surface area (Å²) in [6, 6.07) is 7.20. The maximum atomic E-state index is 12.3. The minimum absolute atomic E-state index is 0.102. The van der Waals surface area contributed by atoms with Gasteiger partial charge in [0.25, 0.3) is 5.91 Å². The van der Waals surface area contributed by atoms with Crippen molar-refractivity contribution in [3.63, 3.8) is 0 Å². The molecule has 0 aliphatic rings. The number of rotatable bonds is 4. The Morgan fingerprint density at radius 1 is 1.20 bits per heavy atom. The third-order valence-electron chi connectivity index (χ3n) is 2.57. The molecular weight excluding hydrogens is 362 g/mol. The lowest BCUT2D eigenvalue weighted by atomic mass is 10.3. The molecule has 0 unspecified atom stereocenters. The molecule has 0 saturated heterocycles. The molecule has 2 aromatic rings. The Morgan fingerprint density at radius 3 is 2.50 bits per heavy atom. The zero-order valence-corrected chi connectivity index (χ0v) is 14.1. The van der Waals surface area contributed by atoms with Gasteiger partial charge in [-0.1, -0.05) is 0 Å². The molecule has 0 radical (unpaired) electrons. The van der Waals surface area contributed by atoms with Gasteiger partial charge >= 0.3 is 5.97 Å². The highest BCUT2D eigenvalue weighted by Gasteiger charge is 2.17. The number of carbonyl (C=O) groups is 2. The van der Waals surface area contributed by atoms with Crippen molar-refractivity contribution in [1.82, 2.24) is 4.90 Å². The van der Waals surface area contributed by atoms with Crippen LogP contribution in [0.5, 0.6) is 0 Å². The number of nitrogens with zero attached hydrogens (tertiary/aromatic N) is 1. The lowest BCUT2D eigenvalue weighted by Gasteiger charge is -2.14. The van der Waals surface area contributed by atoms with Crippen molar-refractivity contribution in [3.8, 4) is 0 Å². The van der Waals surface area contributed by atoms with Crippen LogP contribution in [0.1, 0.15) is 24.2 Å². The Balaban J connectivity index is 2.06. The molecule has 0 N–H and O–H groups in total. The molecule has 0 spiro atoms. The van der Waals surface area contributed by atoms with E-state index in [0.717, 1.165) is 20.0 Å². The quantitative estimate of drug-likeness (QED) is 0.768. The molecule has 0 saturated carbocycles. The number of ether oxygens (including phenoxy) is 1. The van der Waals surface area contributed by atoms with Crippen molar-refractivity contribution in [3.05, 3.63) is 42.7 Å². The predicted octanol–water partition coefficient (Wildman–Crippen LogP) is 3.63. The number of carbonyl (C=O) groups excluding carboxylic acids is 2. The van der Waals surface area contributed by atoms with Gasteiger partial charge in [0.1, 0.15) is 4.88 Å². The van der Waals surface area contributed by atoms with E-state index in [4.69, 9.17) is 0 Å². The first-order valence-electron chi connectivity index (χ1n) is 5.69. The first-order chi connectivity index (χ1) is 9.51. The molecule has 20 heavy (non-hydrogen) atoms. The van der Waals surface area contributed by atoms with E-state index in [1.54, 1.807) is 35.4 Å². The molecule has 0 aliphatic carbocycles. The largest absolute Gasteiger partial charge is 0.465 e. The first kappa shape index (κ1) is 15.2. The third kappa shape index (κ3) is 3.47. The maximum absolute atomic E-state index is 12.3. The number of halogens is 1. The van der Waals surface area contributed by atoms with Crippen molar-refractivity contribution < 1.29 is 14.3 Å². The predicted molar refractivity (Wildman–Crippen MR) is 83.5 cm³/mol. The maximum Gasteiger partial charge on any atom is 0.348 e. The summed E-state index contributed by atoms with van der Waals surface area (Å²) in [6.07, 6.45) is 0. The van der Waals surface area contributed by atoms with Crippen molar-refractivity contribution in [2.75, 3.05) is 14.2 Å². The monoisotopic (exact) mass is 373 g/mol. The van der Waals surface area contributed by atoms with Crippen LogP contribution in [0.4, 0.5) is 0 Å². The van der Waals surface area contributed by atoms with Crippen LogP contribution in [0.3, 0.4) is 0 Å². The van der Waals surface area contributed by atoms with Gasteiger partial charge in [-0.05, 0) is 40.2 Å². The second-order valence-electron chi connectivity index (χ2n) is 4.02. The van der Waals surface area contributed by atoms with Gasteiger partial charge in [-0.3, -0.25) is 4.79 Å². The fraction of sp³-hybridized carbons (Fsp3) is 0.231. The molecule has 1 amide bonds. The standard InChI is InChI=1S/C13H12BrNO3S2/c1-15(7-8-3-6-11(14)19-8)12(16)9-4-5-10(20-9)13(17)18-2/h3-6H,7H2,1-2H3. The molecule has 2 heterocycles. The van der Waals surface area contributed by atoms with Crippen LogP contribution >= 0.6 is 38.6 Å². The van der Waals surface area contributed by atoms with E-state index in [0.29, 0.717) is 16.3 Å². The van der Waals surface area contributed by atoms with Crippen LogP contribution < -0.4 is 0 Å². The zero-order valence-electron chi connectivity index (χ0n) is 10.9. The molecule has 0 bridgehead atoms. The fourth-order valence-electron chi connectivity index (χ4n) is 1.59. The van der Waals surface area contributed by atoms with Gasteiger partial charge in [-0.2, -0.15) is 0 Å². The third-order valence-corrected chi connectivity index (χ3v) is 5.23. The number of esters is 1. The molecule has 2 rings (SSSR count). The Labute approximate surface area is 133 Å². The minimum atomic E-state index is -0.418. The van der Waals surface area contributed by atoms with Gasteiger partial charge in [0.05, 0.1) is 22.3 Å². The second-order valence-corrected chi connectivity index (χ2v) is 7.65. The summed E-state index contributed by atoms with van der Waals surface area (Å²) in [5.74, 6) is -0.520. The van der Waals surface area contributed by atoms with Gasteiger partial charge < -0.3 is 9.64 Å². The van der Waals surface area contributed by atoms with Crippen molar-refractivity contribution >= 4 is 50.5 Å². The molecule has 2 aromatic heterocycles. The summed E-state index contributed by atoms with van der Waals surface area (Å²) in [4.78, 5) is 27.3. The van der Waals surface area contributed by atoms with E-state index in [1.807, 2.05) is 12.1 Å². The summed E-state index contributed by atoms with van der Waals surface area (Å²) in [5.41, 5.74) is 0. The number of hydrogen-bond acceptors (Lipinski definition) is 5. The topological polar surface area (TPSA) is 46.6 Å². The highest BCUT2D eigenvalue weighted by molar-refractivity contribution is 9.11. The number of methoxy groups -OCH3 is 1. The SMILES string of the molecule is COC(=O)c1ccc(C(=O)N(C)Cc2ccc(Br)s2)s1. The van der Waals surface area contributed by atoms with Crippen LogP contribution in [-0.4, -0.2) is 30.9 Å². The van der Waals surface area contributed by atoms with E-state index in [9.17, 15) is 9.59 Å². The summed E-state index contributed by atoms with van der Waals surface area (Å²) in [6.45, 7) is 0.542. The molecule has 4 nitrogen and oxygen atoms in total. The van der Waals surface area contributed by atoms with Crippen LogP contribution in [0, 0.1) is 0 Å². The highest BCUT2D eigenvalue weighted by atomic mass is 79.9. The van der Waals surface area contributed by atoms with Crippen molar-refractivity contribution in [1.29, 1.82) is 0 Å². The van der Waals surface area contributed by atoms with E-state index in [2.05, 4.69) is 20.7 Å². The summed E-state index contributed by atoms with van der Waals surface area (Å²) < 4.78 is 5.67. The summed E-state index contributed by atoms with van der Waals surface area (Å²) in [5, 5.41) is 0. The van der Waals surface area contributed by atoms with E-state index in [1.165, 1.54) is 7.11 Å². The Morgan fingerprint density at radius 2 is 1.90 bits per heavy atom. The van der Waals surface area contributed by atoms with Crippen LogP contribution in [0.15, 0.2) is 28.1 Å². The van der Waals surface area contributed by atoms with Gasteiger partial charge in [0.2, 0.25) is 0 Å². The molecule has 0 aromatic carbocycles. The van der Waals surface area contributed by atoms with Crippen LogP contribution in [0.25, 0.3) is 0 Å². The molecule has 0 atom stereocenters. The van der Waals surface area contributed by atoms with Crippen molar-refractivity contribution in [2.24, 2.45) is 0 Å². The average Bonchev–Trinajstić information content (AvgIpc) is 3.06. The second kappa shape index (κ2) is 6.51. The fourth-order valence-corrected chi connectivity index (χ4v) is 4.05. The highest BCUT2D eigenvalue weighted by Crippen LogP contribution is 2.24. The Bertz CT molecular complexity index is 635. The van der Waals surface area contributed by atoms with Gasteiger partial charge in [-0.15, -0.1) is 22.7 Å². The van der Waals surface area contributed by atoms with Gasteiger partial charge in [0.15, 0.2) is 0 Å². The average molecular weight is 374 g/mol. The van der Waals surface area contributed by atoms with E-state index in [-0.39, 0.29) is 5.91 Å². The van der Waals surface area contributed by atoms with Crippen LogP contribution in [0.2, 0.25) is 0 Å². The van der Waals surface area contributed by atoms with Gasteiger partial charge in [-0.25, -0.2) is 4.79 Å². The van der Waals surface area contributed by atoms with E-state index < -0.39 is 5.97 Å². The first-order valence-corrected chi connectivity index (χ1v) is 8.11. The Hall–Kier alpha value is -1.18. The van der Waals surface area contributed by atoms with Crippen molar-refractivity contribution in [2.45, 2.75) is 6.54 Å². The van der Waals surface area contributed by atoms with Crippen LogP contribution in [-0.2, 0) is 11.3 Å². The minimum Gasteiger partial charge on any atom is -0.465 e. The molecule has 0 fully saturated rings. The molecule has 0 aliphatic heterocycles. The lowest BCUT2D eigenvalue weighted by molar-refractivity contribution is 0.0606. The molecule has 7 heteroatoms. The Kier molecular flexibility index (Phi) is 4.95.